The van der Waals surface area contributed by atoms with Crippen LogP contribution in [0.4, 0.5) is 0 Å². The first kappa shape index (κ1) is 19.5. The van der Waals surface area contributed by atoms with Crippen LogP contribution in [0.1, 0.15) is 28.3 Å². The Morgan fingerprint density at radius 2 is 1.90 bits per heavy atom. The van der Waals surface area contributed by atoms with Crippen molar-refractivity contribution in [3.8, 4) is 5.75 Å². The van der Waals surface area contributed by atoms with Crippen LogP contribution in [0, 0.1) is 0 Å². The van der Waals surface area contributed by atoms with E-state index < -0.39 is 0 Å². The van der Waals surface area contributed by atoms with Crippen LogP contribution in [0.15, 0.2) is 67.0 Å². The van der Waals surface area contributed by atoms with E-state index in [4.69, 9.17) is 9.72 Å². The third kappa shape index (κ3) is 3.70. The molecule has 0 bridgehead atoms. The third-order valence-electron chi connectivity index (χ3n) is 6.04. The predicted octanol–water partition coefficient (Wildman–Crippen LogP) is 3.79. The quantitative estimate of drug-likeness (QED) is 0.451. The Balaban J connectivity index is 1.40. The SMILES string of the molecule is COc1ccc(Cn2ncc3c4c(cnc32)CN(C(C=O)c2ccccc2)CC4)cc1. The van der Waals surface area contributed by atoms with Gasteiger partial charge in [0, 0.05) is 24.7 Å². The summed E-state index contributed by atoms with van der Waals surface area (Å²) in [5.74, 6) is 0.843. The van der Waals surface area contributed by atoms with Gasteiger partial charge >= 0.3 is 0 Å². The number of aromatic nitrogens is 3. The van der Waals surface area contributed by atoms with Gasteiger partial charge < -0.3 is 9.53 Å². The molecule has 0 saturated carbocycles. The van der Waals surface area contributed by atoms with E-state index in [0.29, 0.717) is 13.1 Å². The normalized spacial score (nSPS) is 14.9. The molecule has 6 heteroatoms. The van der Waals surface area contributed by atoms with Gasteiger partial charge in [0.2, 0.25) is 0 Å². The highest BCUT2D eigenvalue weighted by Gasteiger charge is 2.26. The molecule has 0 N–H and O–H groups in total. The lowest BCUT2D eigenvalue weighted by Gasteiger charge is -2.33. The second-order valence-electron chi connectivity index (χ2n) is 7.86. The van der Waals surface area contributed by atoms with Crippen LogP contribution in [0.5, 0.6) is 5.75 Å². The molecular formula is C25H24N4O2. The molecule has 1 unspecified atom stereocenters. The zero-order valence-corrected chi connectivity index (χ0v) is 17.4. The summed E-state index contributed by atoms with van der Waals surface area (Å²) < 4.78 is 7.18. The summed E-state index contributed by atoms with van der Waals surface area (Å²) in [6.07, 6.45) is 5.79. The average Bonchev–Trinajstić information content (AvgIpc) is 3.24. The fourth-order valence-electron chi connectivity index (χ4n) is 4.39. The first-order valence-corrected chi connectivity index (χ1v) is 10.5. The molecule has 0 aliphatic carbocycles. The van der Waals surface area contributed by atoms with Gasteiger partial charge in [0.05, 0.1) is 25.9 Å². The molecule has 1 atom stereocenters. The number of hydrogen-bond acceptors (Lipinski definition) is 5. The lowest BCUT2D eigenvalue weighted by Crippen LogP contribution is -2.35. The Hall–Kier alpha value is -3.51. The molecule has 0 amide bonds. The number of pyridine rings is 1. The molecule has 5 rings (SSSR count). The van der Waals surface area contributed by atoms with Crippen molar-refractivity contribution in [1.82, 2.24) is 19.7 Å². The Labute approximate surface area is 181 Å². The van der Waals surface area contributed by atoms with Gasteiger partial charge in [0.1, 0.15) is 12.0 Å². The minimum atomic E-state index is -0.233. The minimum absolute atomic E-state index is 0.233. The Morgan fingerprint density at radius 1 is 1.10 bits per heavy atom. The third-order valence-corrected chi connectivity index (χ3v) is 6.04. The van der Waals surface area contributed by atoms with Gasteiger partial charge in [-0.2, -0.15) is 5.10 Å². The van der Waals surface area contributed by atoms with Gasteiger partial charge in [0.25, 0.3) is 0 Å². The Kier molecular flexibility index (Phi) is 5.22. The van der Waals surface area contributed by atoms with Gasteiger partial charge in [-0.3, -0.25) is 4.90 Å². The molecule has 6 nitrogen and oxygen atoms in total. The van der Waals surface area contributed by atoms with E-state index in [1.54, 1.807) is 7.11 Å². The molecule has 0 spiro atoms. The molecule has 0 radical (unpaired) electrons. The van der Waals surface area contributed by atoms with Crippen LogP contribution in [0.25, 0.3) is 11.0 Å². The largest absolute Gasteiger partial charge is 0.497 e. The van der Waals surface area contributed by atoms with Gasteiger partial charge in [-0.1, -0.05) is 42.5 Å². The molecule has 2 aromatic heterocycles. The zero-order chi connectivity index (χ0) is 21.2. The smallest absolute Gasteiger partial charge is 0.158 e. The summed E-state index contributed by atoms with van der Waals surface area (Å²) in [6, 6.07) is 17.7. The highest BCUT2D eigenvalue weighted by atomic mass is 16.5. The summed E-state index contributed by atoms with van der Waals surface area (Å²) in [4.78, 5) is 18.8. The monoisotopic (exact) mass is 412 g/mol. The first-order valence-electron chi connectivity index (χ1n) is 10.5. The maximum atomic E-state index is 11.9. The summed E-state index contributed by atoms with van der Waals surface area (Å²) in [5, 5.41) is 5.72. The number of carbonyl (C=O) groups is 1. The van der Waals surface area contributed by atoms with Crippen molar-refractivity contribution < 1.29 is 9.53 Å². The first-order chi connectivity index (χ1) is 15.3. The molecule has 1 aliphatic rings. The molecular weight excluding hydrogens is 388 g/mol. The number of benzene rings is 2. The number of aldehydes is 1. The number of methoxy groups -OCH3 is 1. The van der Waals surface area contributed by atoms with Crippen molar-refractivity contribution >= 4 is 17.3 Å². The summed E-state index contributed by atoms with van der Waals surface area (Å²) in [5.41, 5.74) is 5.54. The minimum Gasteiger partial charge on any atom is -0.497 e. The average molecular weight is 412 g/mol. The number of fused-ring (bicyclic) bond motifs is 3. The summed E-state index contributed by atoms with van der Waals surface area (Å²) in [6.45, 7) is 2.20. The topological polar surface area (TPSA) is 60.2 Å². The van der Waals surface area contributed by atoms with E-state index in [0.717, 1.165) is 47.2 Å². The molecule has 2 aromatic carbocycles. The summed E-state index contributed by atoms with van der Waals surface area (Å²) >= 11 is 0. The Morgan fingerprint density at radius 3 is 2.65 bits per heavy atom. The summed E-state index contributed by atoms with van der Waals surface area (Å²) in [7, 11) is 1.67. The van der Waals surface area contributed by atoms with E-state index in [-0.39, 0.29) is 6.04 Å². The van der Waals surface area contributed by atoms with E-state index in [1.807, 2.05) is 71.7 Å². The van der Waals surface area contributed by atoms with Crippen molar-refractivity contribution in [3.63, 3.8) is 0 Å². The second-order valence-corrected chi connectivity index (χ2v) is 7.86. The highest BCUT2D eigenvalue weighted by Crippen LogP contribution is 2.30. The predicted molar refractivity (Wildman–Crippen MR) is 119 cm³/mol. The van der Waals surface area contributed by atoms with Crippen molar-refractivity contribution in [1.29, 1.82) is 0 Å². The van der Waals surface area contributed by atoms with Gasteiger partial charge in [0.15, 0.2) is 5.65 Å². The number of ether oxygens (including phenoxy) is 1. The molecule has 0 saturated heterocycles. The second kappa shape index (κ2) is 8.32. The van der Waals surface area contributed by atoms with E-state index >= 15 is 0 Å². The van der Waals surface area contributed by atoms with Gasteiger partial charge in [-0.05, 0) is 40.8 Å². The molecule has 156 valence electrons. The lowest BCUT2D eigenvalue weighted by molar-refractivity contribution is -0.113. The zero-order valence-electron chi connectivity index (χ0n) is 17.4. The standard InChI is InChI=1S/C25H24N4O2/c1-31-21-9-7-18(8-10-21)15-29-25-23(14-27-29)22-11-12-28(16-20(22)13-26-25)24(17-30)19-5-3-2-4-6-19/h2-10,13-14,17,24H,11-12,15-16H2,1H3. The van der Waals surface area contributed by atoms with Crippen molar-refractivity contribution in [3.05, 3.63) is 89.2 Å². The number of carbonyl (C=O) groups excluding carboxylic acids is 1. The van der Waals surface area contributed by atoms with Crippen LogP contribution >= 0.6 is 0 Å². The van der Waals surface area contributed by atoms with Crippen molar-refractivity contribution in [2.45, 2.75) is 25.6 Å². The van der Waals surface area contributed by atoms with Crippen LogP contribution < -0.4 is 4.74 Å². The number of rotatable bonds is 6. The maximum absolute atomic E-state index is 11.9. The fourth-order valence-corrected chi connectivity index (χ4v) is 4.39. The van der Waals surface area contributed by atoms with Gasteiger partial charge in [-0.15, -0.1) is 0 Å². The van der Waals surface area contributed by atoms with Crippen LogP contribution in [0.2, 0.25) is 0 Å². The van der Waals surface area contributed by atoms with Crippen LogP contribution in [-0.4, -0.2) is 39.6 Å². The highest BCUT2D eigenvalue weighted by molar-refractivity contribution is 5.80. The van der Waals surface area contributed by atoms with E-state index in [1.165, 1.54) is 11.1 Å². The van der Waals surface area contributed by atoms with E-state index in [9.17, 15) is 4.79 Å². The van der Waals surface area contributed by atoms with Crippen molar-refractivity contribution in [2.24, 2.45) is 0 Å². The Bertz CT molecular complexity index is 1200. The fraction of sp³-hybridized carbons (Fsp3) is 0.240. The van der Waals surface area contributed by atoms with Crippen LogP contribution in [-0.2, 0) is 24.3 Å². The molecule has 3 heterocycles. The maximum Gasteiger partial charge on any atom is 0.158 e. The molecule has 31 heavy (non-hydrogen) atoms. The molecule has 0 fully saturated rings. The van der Waals surface area contributed by atoms with Gasteiger partial charge in [-0.25, -0.2) is 9.67 Å². The van der Waals surface area contributed by atoms with Crippen molar-refractivity contribution in [2.75, 3.05) is 13.7 Å². The van der Waals surface area contributed by atoms with Crippen LogP contribution in [0.3, 0.4) is 0 Å². The van der Waals surface area contributed by atoms with E-state index in [2.05, 4.69) is 10.00 Å². The number of hydrogen-bond donors (Lipinski definition) is 0. The molecule has 1 aliphatic heterocycles. The molecule has 4 aromatic rings. The lowest BCUT2D eigenvalue weighted by atomic mass is 9.96. The number of nitrogens with zero attached hydrogens (tertiary/aromatic N) is 4.